The molecule has 1 aliphatic carbocycles. The Morgan fingerprint density at radius 3 is 2.21 bits per heavy atom. The smallest absolute Gasteiger partial charge is 0.251 e. The van der Waals surface area contributed by atoms with E-state index in [-0.39, 0.29) is 41.2 Å². The molecular formula is C51H59Cl2N7O5S. The molecule has 7 rings (SSSR count). The van der Waals surface area contributed by atoms with Gasteiger partial charge in [-0.1, -0.05) is 63.0 Å². The number of carbonyl (C=O) groups excluding carboxylic acids is 2. The second-order valence-corrected chi connectivity index (χ2v) is 21.9. The highest BCUT2D eigenvalue weighted by Gasteiger charge is 2.64. The number of thiophene rings is 1. The van der Waals surface area contributed by atoms with Crippen LogP contribution in [0.2, 0.25) is 10.0 Å². The molecule has 1 fully saturated rings. The highest BCUT2D eigenvalue weighted by molar-refractivity contribution is 7.15. The maximum atomic E-state index is 13.8. The van der Waals surface area contributed by atoms with E-state index in [9.17, 15) is 14.9 Å². The highest BCUT2D eigenvalue weighted by atomic mass is 35.5. The summed E-state index contributed by atoms with van der Waals surface area (Å²) < 4.78 is 20.9. The maximum Gasteiger partial charge on any atom is 0.251 e. The summed E-state index contributed by atoms with van der Waals surface area (Å²) in [6.07, 6.45) is 1.08. The summed E-state index contributed by atoms with van der Waals surface area (Å²) in [7, 11) is 0. The topological polar surface area (TPSA) is 153 Å². The van der Waals surface area contributed by atoms with E-state index in [1.54, 1.807) is 53.8 Å². The number of rotatable bonds is 16. The fraction of sp³-hybridized carbons (Fsp3) is 0.451. The van der Waals surface area contributed by atoms with Gasteiger partial charge in [0.1, 0.15) is 40.5 Å². The molecule has 2 aliphatic rings. The third-order valence-corrected chi connectivity index (χ3v) is 14.7. The molecule has 1 atom stereocenters. The number of halogens is 2. The van der Waals surface area contributed by atoms with E-state index in [1.807, 2.05) is 63.5 Å². The lowest BCUT2D eigenvalue weighted by molar-refractivity contribution is -0.164. The van der Waals surface area contributed by atoms with Gasteiger partial charge in [-0.15, -0.1) is 21.5 Å². The minimum absolute atomic E-state index is 0.0894. The van der Waals surface area contributed by atoms with Crippen LogP contribution in [0, 0.1) is 42.9 Å². The second-order valence-electron chi connectivity index (χ2n) is 19.8. The number of aliphatic imine (C=N–C) groups is 1. The number of aromatic nitrogens is 3. The number of nitrogens with one attached hydrogen (secondary N) is 2. The fourth-order valence-corrected chi connectivity index (χ4v) is 10.9. The second kappa shape index (κ2) is 18.8. The largest absolute Gasteiger partial charge is 0.493 e. The first-order valence-electron chi connectivity index (χ1n) is 22.2. The lowest BCUT2D eigenvalue weighted by Crippen LogP contribution is -2.74. The molecule has 0 saturated heterocycles. The monoisotopic (exact) mass is 951 g/mol. The van der Waals surface area contributed by atoms with Crippen molar-refractivity contribution < 1.29 is 23.8 Å². The van der Waals surface area contributed by atoms with Crippen molar-refractivity contribution in [2.75, 3.05) is 13.2 Å². The van der Waals surface area contributed by atoms with E-state index < -0.39 is 17.2 Å². The van der Waals surface area contributed by atoms with Crippen LogP contribution in [0.25, 0.3) is 5.00 Å². The minimum atomic E-state index is -0.569. The van der Waals surface area contributed by atoms with Crippen LogP contribution in [0.15, 0.2) is 71.7 Å². The number of amides is 2. The molecule has 15 heteroatoms. The number of benzene rings is 3. The van der Waals surface area contributed by atoms with E-state index in [0.29, 0.717) is 64.6 Å². The van der Waals surface area contributed by atoms with Crippen molar-refractivity contribution >= 4 is 52.1 Å². The highest BCUT2D eigenvalue weighted by Crippen LogP contribution is 2.55. The summed E-state index contributed by atoms with van der Waals surface area (Å²) in [6, 6.07) is 21.2. The summed E-state index contributed by atoms with van der Waals surface area (Å²) in [5.74, 6) is 2.28. The molecule has 2 amide bonds. The van der Waals surface area contributed by atoms with Crippen LogP contribution < -0.4 is 20.1 Å². The third-order valence-electron chi connectivity index (χ3n) is 13.0. The van der Waals surface area contributed by atoms with Gasteiger partial charge in [-0.3, -0.25) is 19.1 Å². The molecule has 2 aromatic heterocycles. The van der Waals surface area contributed by atoms with Crippen LogP contribution in [0.1, 0.15) is 130 Å². The van der Waals surface area contributed by atoms with E-state index in [1.165, 1.54) is 4.88 Å². The summed E-state index contributed by atoms with van der Waals surface area (Å²) in [4.78, 5) is 33.7. The maximum absolute atomic E-state index is 13.8. The Balaban J connectivity index is 0.885. The molecule has 0 bridgehead atoms. The van der Waals surface area contributed by atoms with Gasteiger partial charge in [0.25, 0.3) is 5.91 Å². The van der Waals surface area contributed by atoms with Crippen molar-refractivity contribution in [2.45, 2.75) is 125 Å². The molecular weight excluding hydrogens is 894 g/mol. The van der Waals surface area contributed by atoms with Crippen LogP contribution in [0.5, 0.6) is 11.5 Å². The van der Waals surface area contributed by atoms with E-state index in [0.717, 1.165) is 33.2 Å². The fourth-order valence-electron chi connectivity index (χ4n) is 9.38. The summed E-state index contributed by atoms with van der Waals surface area (Å²) in [6.45, 7) is 23.3. The molecule has 0 radical (unpaired) electrons. The van der Waals surface area contributed by atoms with Gasteiger partial charge in [0.2, 0.25) is 5.91 Å². The van der Waals surface area contributed by atoms with Gasteiger partial charge in [-0.25, -0.2) is 0 Å². The number of aryl methyl sites for hydroxylation is 2. The zero-order valence-electron chi connectivity index (χ0n) is 39.6. The predicted octanol–water partition coefficient (Wildman–Crippen LogP) is 10.9. The average Bonchev–Trinajstić information content (AvgIpc) is 3.73. The zero-order valence-corrected chi connectivity index (χ0v) is 41.9. The zero-order chi connectivity index (χ0) is 47.9. The summed E-state index contributed by atoms with van der Waals surface area (Å²) in [5, 5.41) is 26.6. The average molecular weight is 953 g/mol. The molecule has 0 spiro atoms. The lowest BCUT2D eigenvalue weighted by Gasteiger charge is -2.63. The van der Waals surface area contributed by atoms with Crippen LogP contribution >= 0.6 is 34.5 Å². The lowest BCUT2D eigenvalue weighted by atomic mass is 9.49. The van der Waals surface area contributed by atoms with Gasteiger partial charge in [0, 0.05) is 68.1 Å². The molecule has 3 heterocycles. The standard InChI is InChI=1S/C51H59Cl2N7O5S/c1-29-30(2)66-45-41(29)42(32-12-17-35(52)18-13-32)55-39(43-59-58-31(3)60(43)45)27-40(61)57-48(4,5)22-25-64-49(6,7)23-24-63-36-19-14-33(15-20-36)44(62)56-46-50(8,9)47(51(46,10)11)65-37-21-16-34(28-54)38(53)26-37/h12-21,26,39,46-47H,22-25,27H2,1-11H3,(H,56,62)(H,57,61)/t39-,46?,47?/m0/s1. The Morgan fingerprint density at radius 2 is 1.56 bits per heavy atom. The van der Waals surface area contributed by atoms with Crippen LogP contribution in [0.3, 0.4) is 0 Å². The first-order chi connectivity index (χ1) is 31.0. The Morgan fingerprint density at radius 1 is 0.894 bits per heavy atom. The molecule has 12 nitrogen and oxygen atoms in total. The van der Waals surface area contributed by atoms with E-state index in [2.05, 4.69) is 68.4 Å². The number of ether oxygens (including phenoxy) is 3. The number of carbonyl (C=O) groups is 2. The molecule has 3 aromatic carbocycles. The minimum Gasteiger partial charge on any atom is -0.493 e. The van der Waals surface area contributed by atoms with Crippen molar-refractivity contribution in [3.63, 3.8) is 0 Å². The SMILES string of the molecule is Cc1sc2c(c1C)C(c1ccc(Cl)cc1)=N[C@@H](CC(=O)NC(C)(C)CCOC(C)(C)CCOc1ccc(C(=O)NC3C(C)(C)C(Oc4ccc(C#N)c(Cl)c4)C3(C)C)cc1)c1nnc(C)n1-2. The third kappa shape index (κ3) is 10.2. The van der Waals surface area contributed by atoms with Crippen molar-refractivity contribution in [3.05, 3.63) is 121 Å². The summed E-state index contributed by atoms with van der Waals surface area (Å²) >= 11 is 14.2. The molecule has 1 saturated carbocycles. The quantitative estimate of drug-likeness (QED) is 0.0991. The van der Waals surface area contributed by atoms with E-state index >= 15 is 0 Å². The van der Waals surface area contributed by atoms with Gasteiger partial charge in [-0.2, -0.15) is 5.26 Å². The van der Waals surface area contributed by atoms with Crippen molar-refractivity contribution in [1.29, 1.82) is 5.26 Å². The van der Waals surface area contributed by atoms with Gasteiger partial charge in [-0.05, 0) is 109 Å². The van der Waals surface area contributed by atoms with Gasteiger partial charge in [0.05, 0.1) is 34.9 Å². The summed E-state index contributed by atoms with van der Waals surface area (Å²) in [5.41, 5.74) is 2.96. The Hall–Kier alpha value is -5.26. The Kier molecular flexibility index (Phi) is 13.9. The van der Waals surface area contributed by atoms with Gasteiger partial charge in [0.15, 0.2) is 5.82 Å². The molecule has 2 N–H and O–H groups in total. The van der Waals surface area contributed by atoms with Crippen molar-refractivity contribution in [2.24, 2.45) is 15.8 Å². The molecule has 66 heavy (non-hydrogen) atoms. The first-order valence-corrected chi connectivity index (χ1v) is 23.8. The number of nitrogens with zero attached hydrogens (tertiary/aromatic N) is 5. The normalized spacial score (nSPS) is 18.4. The van der Waals surface area contributed by atoms with Crippen LogP contribution in [0.4, 0.5) is 0 Å². The van der Waals surface area contributed by atoms with Gasteiger partial charge < -0.3 is 24.8 Å². The van der Waals surface area contributed by atoms with Gasteiger partial charge >= 0.3 is 0 Å². The molecule has 5 aromatic rings. The number of hydrogen-bond acceptors (Lipinski definition) is 10. The Labute approximate surface area is 402 Å². The molecule has 0 unspecified atom stereocenters. The van der Waals surface area contributed by atoms with E-state index in [4.69, 9.17) is 42.4 Å². The number of nitriles is 1. The molecule has 1 aliphatic heterocycles. The molecule has 348 valence electrons. The number of hydrogen-bond donors (Lipinski definition) is 2. The van der Waals surface area contributed by atoms with Crippen molar-refractivity contribution in [1.82, 2.24) is 25.4 Å². The van der Waals surface area contributed by atoms with Crippen LogP contribution in [-0.2, 0) is 9.53 Å². The van der Waals surface area contributed by atoms with Crippen LogP contribution in [-0.4, -0.2) is 68.8 Å². The number of fused-ring (bicyclic) bond motifs is 3. The Bertz CT molecular complexity index is 2680. The predicted molar refractivity (Wildman–Crippen MR) is 261 cm³/mol. The first kappa shape index (κ1) is 48.7. The van der Waals surface area contributed by atoms with Crippen molar-refractivity contribution in [3.8, 4) is 22.6 Å².